The summed E-state index contributed by atoms with van der Waals surface area (Å²) in [5, 5.41) is 5.95. The Balaban J connectivity index is 1.66. The fourth-order valence-corrected chi connectivity index (χ4v) is 4.10. The van der Waals surface area contributed by atoms with Crippen LogP contribution in [-0.2, 0) is 26.9 Å². The highest BCUT2D eigenvalue weighted by atomic mass is 32.1. The Morgan fingerprint density at radius 2 is 2.13 bits per heavy atom. The summed E-state index contributed by atoms with van der Waals surface area (Å²) in [6, 6.07) is 7.68. The van der Waals surface area contributed by atoms with Crippen molar-refractivity contribution in [2.45, 2.75) is 30.8 Å². The molecule has 3 heterocycles. The van der Waals surface area contributed by atoms with E-state index in [0.717, 1.165) is 17.0 Å². The minimum Gasteiger partial charge on any atom is -0.467 e. The van der Waals surface area contributed by atoms with E-state index in [-0.39, 0.29) is 5.56 Å². The van der Waals surface area contributed by atoms with E-state index in [1.807, 2.05) is 17.5 Å². The third-order valence-corrected chi connectivity index (χ3v) is 5.64. The molecule has 2 aromatic rings. The van der Waals surface area contributed by atoms with Gasteiger partial charge in [0.05, 0.1) is 19.1 Å². The normalized spacial score (nSPS) is 23.1. The molecule has 0 saturated heterocycles. The number of carbonyl (C=O) groups is 1. The largest absolute Gasteiger partial charge is 0.467 e. The second-order valence-corrected chi connectivity index (χ2v) is 7.71. The molecule has 158 valence electrons. The van der Waals surface area contributed by atoms with Gasteiger partial charge in [-0.1, -0.05) is 23.4 Å². The van der Waals surface area contributed by atoms with Crippen molar-refractivity contribution < 1.29 is 32.3 Å². The van der Waals surface area contributed by atoms with Crippen molar-refractivity contribution in [3.05, 3.63) is 70.1 Å². The fourth-order valence-electron chi connectivity index (χ4n) is 3.41. The number of benzene rings is 1. The number of thiophene rings is 1. The first-order valence-electron chi connectivity index (χ1n) is 9.00. The molecule has 0 unspecified atom stereocenters. The first-order chi connectivity index (χ1) is 14.4. The molecule has 1 aromatic heterocycles. The summed E-state index contributed by atoms with van der Waals surface area (Å²) in [4.78, 5) is 20.1. The van der Waals surface area contributed by atoms with E-state index in [0.29, 0.717) is 12.3 Å². The minimum absolute atomic E-state index is 0.232. The average molecular weight is 438 g/mol. The minimum atomic E-state index is -4.52. The maximum absolute atomic E-state index is 13.2. The smallest absolute Gasteiger partial charge is 0.416 e. The lowest BCUT2D eigenvalue weighted by molar-refractivity contribution is -0.137. The molecule has 0 bridgehead atoms. The molecule has 0 fully saturated rings. The highest BCUT2D eigenvalue weighted by Gasteiger charge is 2.45. The van der Waals surface area contributed by atoms with Gasteiger partial charge in [0.1, 0.15) is 6.04 Å². The number of carbonyl (C=O) groups excluding carboxylic acids is 1. The second kappa shape index (κ2) is 8.02. The van der Waals surface area contributed by atoms with Gasteiger partial charge in [0.25, 0.3) is 0 Å². The third-order valence-electron chi connectivity index (χ3n) is 4.77. The summed E-state index contributed by atoms with van der Waals surface area (Å²) in [5.41, 5.74) is -0.593. The van der Waals surface area contributed by atoms with Crippen LogP contribution in [0.5, 0.6) is 0 Å². The van der Waals surface area contributed by atoms with Crippen molar-refractivity contribution >= 4 is 23.3 Å². The van der Waals surface area contributed by atoms with Gasteiger partial charge in [-0.05, 0) is 35.2 Å². The number of methoxy groups -OCH3 is 1. The molecule has 0 aliphatic carbocycles. The van der Waals surface area contributed by atoms with Crippen molar-refractivity contribution in [3.63, 3.8) is 0 Å². The predicted molar refractivity (Wildman–Crippen MR) is 103 cm³/mol. The molecular formula is C20H17F3N2O4S. The first-order valence-corrected chi connectivity index (χ1v) is 9.88. The number of amides is 1. The van der Waals surface area contributed by atoms with Gasteiger partial charge in [-0.2, -0.15) is 13.2 Å². The Morgan fingerprint density at radius 3 is 2.83 bits per heavy atom. The van der Waals surface area contributed by atoms with Gasteiger partial charge >= 0.3 is 12.3 Å². The molecule has 2 aliphatic heterocycles. The zero-order valence-corrected chi connectivity index (χ0v) is 16.5. The molecule has 0 spiro atoms. The zero-order chi connectivity index (χ0) is 21.3. The number of hydrogen-bond acceptors (Lipinski definition) is 6. The summed E-state index contributed by atoms with van der Waals surface area (Å²) < 4.78 is 50.4. The molecule has 2 aliphatic rings. The lowest BCUT2D eigenvalue weighted by atomic mass is 9.92. The van der Waals surface area contributed by atoms with Gasteiger partial charge in [0.2, 0.25) is 5.90 Å². The number of halogens is 3. The zero-order valence-electron chi connectivity index (χ0n) is 15.7. The van der Waals surface area contributed by atoms with E-state index >= 15 is 0 Å². The van der Waals surface area contributed by atoms with E-state index in [1.54, 1.807) is 17.4 Å². The first kappa shape index (κ1) is 20.3. The molecule has 30 heavy (non-hydrogen) atoms. The summed E-state index contributed by atoms with van der Waals surface area (Å²) in [7, 11) is 1.20. The summed E-state index contributed by atoms with van der Waals surface area (Å²) in [5.74, 6) is 0.359. The Hall–Kier alpha value is -3.01. The average Bonchev–Trinajstić information content (AvgIpc) is 3.24. The van der Waals surface area contributed by atoms with Crippen molar-refractivity contribution in [1.82, 2.24) is 4.90 Å². The number of fused-ring (bicyclic) bond motifs is 1. The van der Waals surface area contributed by atoms with E-state index in [2.05, 4.69) is 5.16 Å². The van der Waals surface area contributed by atoms with Gasteiger partial charge in [-0.15, -0.1) is 11.3 Å². The molecule has 10 heteroatoms. The standard InChI is InChI=1S/C20H17F3N2O4S/c1-27-19(26)25-8-7-15-18(29-24-16(28-15)11-14-6-3-9-30-14)17(25)12-4-2-5-13(10-12)20(21,22)23/h2-10,15,17-18H,11H2,1H3/t15-,17+,18-/m1/s1. The van der Waals surface area contributed by atoms with E-state index in [4.69, 9.17) is 14.3 Å². The number of nitrogens with zero attached hydrogens (tertiary/aromatic N) is 2. The Kier molecular flexibility index (Phi) is 5.42. The summed E-state index contributed by atoms with van der Waals surface area (Å²) >= 11 is 1.54. The summed E-state index contributed by atoms with van der Waals surface area (Å²) in [6.07, 6.45) is -3.24. The molecule has 3 atom stereocenters. The van der Waals surface area contributed by atoms with Crippen LogP contribution in [0.1, 0.15) is 22.0 Å². The molecule has 0 N–H and O–H groups in total. The monoisotopic (exact) mass is 438 g/mol. The Labute approximate surface area is 174 Å². The quantitative estimate of drug-likeness (QED) is 0.694. The van der Waals surface area contributed by atoms with E-state index in [9.17, 15) is 18.0 Å². The van der Waals surface area contributed by atoms with E-state index in [1.165, 1.54) is 30.3 Å². The summed E-state index contributed by atoms with van der Waals surface area (Å²) in [6.45, 7) is 0. The third kappa shape index (κ3) is 4.00. The molecule has 1 amide bonds. The van der Waals surface area contributed by atoms with Crippen LogP contribution >= 0.6 is 11.3 Å². The maximum atomic E-state index is 13.2. The molecule has 6 nitrogen and oxygen atoms in total. The van der Waals surface area contributed by atoms with Gasteiger partial charge in [-0.3, -0.25) is 4.90 Å². The SMILES string of the molecule is COC(=O)N1C=C[C@H]2OC(Cc3cccs3)=NO[C@H]2[C@@H]1c1cccc(C(F)(F)F)c1. The Morgan fingerprint density at radius 1 is 1.30 bits per heavy atom. The molecule has 0 saturated carbocycles. The fraction of sp³-hybridized carbons (Fsp3) is 0.300. The predicted octanol–water partition coefficient (Wildman–Crippen LogP) is 4.74. The number of ether oxygens (including phenoxy) is 2. The van der Waals surface area contributed by atoms with Crippen molar-refractivity contribution in [1.29, 1.82) is 0 Å². The van der Waals surface area contributed by atoms with Crippen LogP contribution < -0.4 is 0 Å². The van der Waals surface area contributed by atoms with Crippen molar-refractivity contribution in [2.24, 2.45) is 5.16 Å². The van der Waals surface area contributed by atoms with Crippen LogP contribution in [0, 0.1) is 0 Å². The number of rotatable bonds is 3. The Bertz CT molecular complexity index is 975. The van der Waals surface area contributed by atoms with Gasteiger partial charge in [-0.25, -0.2) is 4.79 Å². The number of hydrogen-bond donors (Lipinski definition) is 0. The lowest BCUT2D eigenvalue weighted by Crippen LogP contribution is -2.49. The van der Waals surface area contributed by atoms with Gasteiger partial charge in [0.15, 0.2) is 12.2 Å². The van der Waals surface area contributed by atoms with Crippen molar-refractivity contribution in [2.75, 3.05) is 7.11 Å². The van der Waals surface area contributed by atoms with Crippen LogP contribution in [-0.4, -0.2) is 36.2 Å². The lowest BCUT2D eigenvalue weighted by Gasteiger charge is -2.41. The van der Waals surface area contributed by atoms with E-state index < -0.39 is 36.1 Å². The van der Waals surface area contributed by atoms with Gasteiger partial charge in [0, 0.05) is 11.1 Å². The number of oxime groups is 1. The molecular weight excluding hydrogens is 421 g/mol. The van der Waals surface area contributed by atoms with Gasteiger partial charge < -0.3 is 14.3 Å². The van der Waals surface area contributed by atoms with Crippen LogP contribution in [0.2, 0.25) is 0 Å². The maximum Gasteiger partial charge on any atom is 0.416 e. The van der Waals surface area contributed by atoms with Crippen LogP contribution in [0.4, 0.5) is 18.0 Å². The van der Waals surface area contributed by atoms with Crippen LogP contribution in [0.3, 0.4) is 0 Å². The number of alkyl halides is 3. The molecule has 0 radical (unpaired) electrons. The molecule has 4 rings (SSSR count). The highest BCUT2D eigenvalue weighted by molar-refractivity contribution is 7.10. The highest BCUT2D eigenvalue weighted by Crippen LogP contribution is 2.38. The topological polar surface area (TPSA) is 60.4 Å². The molecule has 1 aromatic carbocycles. The van der Waals surface area contributed by atoms with Crippen molar-refractivity contribution in [3.8, 4) is 0 Å². The van der Waals surface area contributed by atoms with Crippen LogP contribution in [0.15, 0.2) is 59.2 Å². The second-order valence-electron chi connectivity index (χ2n) is 6.68. The van der Waals surface area contributed by atoms with Crippen LogP contribution in [0.25, 0.3) is 0 Å².